The summed E-state index contributed by atoms with van der Waals surface area (Å²) in [6, 6.07) is 1.03. The molecule has 4 nitrogen and oxygen atoms in total. The molecule has 2 unspecified atom stereocenters. The van der Waals surface area contributed by atoms with Gasteiger partial charge in [0, 0.05) is 31.1 Å². The van der Waals surface area contributed by atoms with Crippen molar-refractivity contribution in [3.63, 3.8) is 0 Å². The molecule has 0 aromatic carbocycles. The van der Waals surface area contributed by atoms with Crippen molar-refractivity contribution in [1.82, 2.24) is 15.2 Å². The van der Waals surface area contributed by atoms with Gasteiger partial charge in [-0.15, -0.1) is 11.3 Å². The largest absolute Gasteiger partial charge is 0.350 e. The van der Waals surface area contributed by atoms with Crippen molar-refractivity contribution < 1.29 is 0 Å². The first kappa shape index (κ1) is 15.7. The van der Waals surface area contributed by atoms with Crippen molar-refractivity contribution in [1.29, 1.82) is 0 Å². The van der Waals surface area contributed by atoms with Crippen LogP contribution in [0.15, 0.2) is 5.38 Å². The molecule has 1 aromatic rings. The van der Waals surface area contributed by atoms with E-state index in [4.69, 9.17) is 4.98 Å². The third-order valence-electron chi connectivity index (χ3n) is 4.14. The van der Waals surface area contributed by atoms with E-state index in [1.54, 1.807) is 11.3 Å². The van der Waals surface area contributed by atoms with Gasteiger partial charge < -0.3 is 15.1 Å². The molecular formula is C15H28N4S. The van der Waals surface area contributed by atoms with Gasteiger partial charge in [0.05, 0.1) is 5.69 Å². The lowest BCUT2D eigenvalue weighted by molar-refractivity contribution is 0.314. The lowest BCUT2D eigenvalue weighted by atomic mass is 10.2. The van der Waals surface area contributed by atoms with Gasteiger partial charge in [-0.3, -0.25) is 0 Å². The van der Waals surface area contributed by atoms with Crippen LogP contribution in [-0.2, 0) is 0 Å². The van der Waals surface area contributed by atoms with Gasteiger partial charge in [-0.2, -0.15) is 0 Å². The van der Waals surface area contributed by atoms with Gasteiger partial charge >= 0.3 is 0 Å². The maximum absolute atomic E-state index is 4.79. The summed E-state index contributed by atoms with van der Waals surface area (Å²) < 4.78 is 0. The Kier molecular flexibility index (Phi) is 5.81. The third kappa shape index (κ3) is 3.93. The zero-order chi connectivity index (χ0) is 14.5. The average Bonchev–Trinajstić information content (AvgIpc) is 3.06. The molecule has 2 rings (SSSR count). The number of likely N-dealkylation sites (N-methyl/N-ethyl adjacent to an activating group) is 2. The van der Waals surface area contributed by atoms with Crippen LogP contribution < -0.4 is 10.2 Å². The van der Waals surface area contributed by atoms with Crippen LogP contribution in [0.2, 0.25) is 0 Å². The molecule has 1 N–H and O–H groups in total. The van der Waals surface area contributed by atoms with Gasteiger partial charge in [0.2, 0.25) is 0 Å². The van der Waals surface area contributed by atoms with E-state index < -0.39 is 0 Å². The number of aromatic nitrogens is 1. The van der Waals surface area contributed by atoms with Gasteiger partial charge in [-0.1, -0.05) is 6.92 Å². The van der Waals surface area contributed by atoms with Gasteiger partial charge in [0.25, 0.3) is 0 Å². The predicted octanol–water partition coefficient (Wildman–Crippen LogP) is 2.73. The summed E-state index contributed by atoms with van der Waals surface area (Å²) in [4.78, 5) is 9.57. The fraction of sp³-hybridized carbons (Fsp3) is 0.800. The van der Waals surface area contributed by atoms with E-state index >= 15 is 0 Å². The molecule has 1 aromatic heterocycles. The van der Waals surface area contributed by atoms with E-state index in [9.17, 15) is 0 Å². The number of anilines is 1. The summed E-state index contributed by atoms with van der Waals surface area (Å²) in [6.45, 7) is 7.76. The minimum atomic E-state index is 0.350. The number of rotatable bonds is 7. The zero-order valence-corrected chi connectivity index (χ0v) is 14.0. The van der Waals surface area contributed by atoms with E-state index in [2.05, 4.69) is 48.4 Å². The molecule has 1 aliphatic rings. The van der Waals surface area contributed by atoms with E-state index in [1.165, 1.54) is 25.1 Å². The fourth-order valence-electron chi connectivity index (χ4n) is 2.72. The predicted molar refractivity (Wildman–Crippen MR) is 87.7 cm³/mol. The first-order valence-corrected chi connectivity index (χ1v) is 8.60. The molecule has 0 bridgehead atoms. The Morgan fingerprint density at radius 2 is 2.40 bits per heavy atom. The van der Waals surface area contributed by atoms with Gasteiger partial charge in [0.1, 0.15) is 0 Å². The van der Waals surface area contributed by atoms with Crippen molar-refractivity contribution in [3.8, 4) is 0 Å². The third-order valence-corrected chi connectivity index (χ3v) is 5.11. The van der Waals surface area contributed by atoms with Crippen LogP contribution in [0.5, 0.6) is 0 Å². The highest BCUT2D eigenvalue weighted by molar-refractivity contribution is 7.13. The maximum atomic E-state index is 4.79. The highest BCUT2D eigenvalue weighted by Gasteiger charge is 2.23. The first-order chi connectivity index (χ1) is 9.61. The summed E-state index contributed by atoms with van der Waals surface area (Å²) in [5.74, 6) is 0. The molecule has 0 aliphatic carbocycles. The van der Waals surface area contributed by atoms with Gasteiger partial charge in [-0.05, 0) is 46.3 Å². The molecule has 0 amide bonds. The Balaban J connectivity index is 1.90. The second-order valence-electron chi connectivity index (χ2n) is 5.89. The van der Waals surface area contributed by atoms with E-state index in [1.807, 2.05) is 0 Å². The van der Waals surface area contributed by atoms with E-state index in [0.29, 0.717) is 12.1 Å². The summed E-state index contributed by atoms with van der Waals surface area (Å²) in [5.41, 5.74) is 1.17. The first-order valence-electron chi connectivity index (χ1n) is 7.72. The Bertz CT molecular complexity index is 406. The number of hydrogen-bond donors (Lipinski definition) is 1. The van der Waals surface area contributed by atoms with Crippen LogP contribution in [0.4, 0.5) is 5.13 Å². The van der Waals surface area contributed by atoms with Crippen LogP contribution in [-0.4, -0.2) is 49.7 Å². The normalized spacial score (nSPS) is 21.3. The molecule has 1 fully saturated rings. The van der Waals surface area contributed by atoms with Crippen molar-refractivity contribution >= 4 is 16.5 Å². The molecule has 0 saturated carbocycles. The SMILES string of the molecule is CCCNC(C)c1csc(N(C)CC2CCCN2C)n1. The van der Waals surface area contributed by atoms with E-state index in [-0.39, 0.29) is 0 Å². The Morgan fingerprint density at radius 3 is 3.05 bits per heavy atom. The molecule has 0 radical (unpaired) electrons. The molecule has 5 heteroatoms. The molecule has 2 heterocycles. The molecule has 114 valence electrons. The Morgan fingerprint density at radius 1 is 1.60 bits per heavy atom. The van der Waals surface area contributed by atoms with E-state index in [0.717, 1.165) is 24.6 Å². The average molecular weight is 296 g/mol. The van der Waals surface area contributed by atoms with Crippen LogP contribution in [0.25, 0.3) is 0 Å². The zero-order valence-electron chi connectivity index (χ0n) is 13.2. The molecule has 20 heavy (non-hydrogen) atoms. The van der Waals surface area contributed by atoms with Crippen molar-refractivity contribution in [2.45, 2.75) is 45.2 Å². The van der Waals surface area contributed by atoms with Crippen molar-refractivity contribution in [3.05, 3.63) is 11.1 Å². The highest BCUT2D eigenvalue weighted by atomic mass is 32.1. The molecule has 1 aliphatic heterocycles. The molecule has 2 atom stereocenters. The van der Waals surface area contributed by atoms with Gasteiger partial charge in [-0.25, -0.2) is 4.98 Å². The van der Waals surface area contributed by atoms with Crippen molar-refractivity contribution in [2.75, 3.05) is 38.6 Å². The second-order valence-corrected chi connectivity index (χ2v) is 6.72. The minimum Gasteiger partial charge on any atom is -0.350 e. The topological polar surface area (TPSA) is 31.4 Å². The van der Waals surface area contributed by atoms with Crippen molar-refractivity contribution in [2.24, 2.45) is 0 Å². The summed E-state index contributed by atoms with van der Waals surface area (Å²) in [6.07, 6.45) is 3.80. The summed E-state index contributed by atoms with van der Waals surface area (Å²) in [7, 11) is 4.40. The highest BCUT2D eigenvalue weighted by Crippen LogP contribution is 2.25. The van der Waals surface area contributed by atoms with Crippen LogP contribution in [0.3, 0.4) is 0 Å². The second kappa shape index (κ2) is 7.38. The molecular weight excluding hydrogens is 268 g/mol. The summed E-state index contributed by atoms with van der Waals surface area (Å²) in [5, 5.41) is 6.83. The number of nitrogens with zero attached hydrogens (tertiary/aromatic N) is 3. The lowest BCUT2D eigenvalue weighted by Crippen LogP contribution is -2.36. The number of thiazole rings is 1. The quantitative estimate of drug-likeness (QED) is 0.838. The fourth-order valence-corrected chi connectivity index (χ4v) is 3.62. The van der Waals surface area contributed by atoms with Crippen LogP contribution in [0.1, 0.15) is 44.8 Å². The molecule has 0 spiro atoms. The standard InChI is InChI=1S/C15H28N4S/c1-5-8-16-12(2)14-11-20-15(17-14)19(4)10-13-7-6-9-18(13)3/h11-13,16H,5-10H2,1-4H3. The molecule has 1 saturated heterocycles. The minimum absolute atomic E-state index is 0.350. The summed E-state index contributed by atoms with van der Waals surface area (Å²) >= 11 is 1.76. The van der Waals surface area contributed by atoms with Crippen LogP contribution in [0, 0.1) is 0 Å². The number of likely N-dealkylation sites (tertiary alicyclic amines) is 1. The lowest BCUT2D eigenvalue weighted by Gasteiger charge is -2.25. The van der Waals surface area contributed by atoms with Crippen LogP contribution >= 0.6 is 11.3 Å². The smallest absolute Gasteiger partial charge is 0.185 e. The Labute approximate surface area is 127 Å². The monoisotopic (exact) mass is 296 g/mol. The number of hydrogen-bond acceptors (Lipinski definition) is 5. The van der Waals surface area contributed by atoms with Gasteiger partial charge in [0.15, 0.2) is 5.13 Å². The maximum Gasteiger partial charge on any atom is 0.185 e. The Hall–Kier alpha value is -0.650. The number of nitrogens with one attached hydrogen (secondary N) is 1.